The fourth-order valence-electron chi connectivity index (χ4n) is 6.89. The second-order valence-electron chi connectivity index (χ2n) is 13.6. The van der Waals surface area contributed by atoms with Gasteiger partial charge >= 0.3 is 0 Å². The molecule has 2 aliphatic heterocycles. The molecule has 292 valence electrons. The number of fused-ring (bicyclic) bond motifs is 2. The van der Waals surface area contributed by atoms with Gasteiger partial charge in [-0.3, -0.25) is 19.4 Å². The Morgan fingerprint density at radius 2 is 1.02 bits per heavy atom. The summed E-state index contributed by atoms with van der Waals surface area (Å²) in [5.74, 6) is -0.0247. The van der Waals surface area contributed by atoms with E-state index in [2.05, 4.69) is 29.7 Å². The lowest BCUT2D eigenvalue weighted by Crippen LogP contribution is -2.38. The minimum absolute atomic E-state index is 0.0124. The summed E-state index contributed by atoms with van der Waals surface area (Å²) in [5.41, 5.74) is 5.42. The normalized spacial score (nSPS) is 15.1. The molecule has 56 heavy (non-hydrogen) atoms. The summed E-state index contributed by atoms with van der Waals surface area (Å²) in [5, 5.41) is 21.4. The SMILES string of the molecule is O=c1[nH]cnc2c(O)cc(-c3ccccc3COCCN3CCOCC3)cc12.O=c1[nH]cnc2c(O)cc(-c3ccccc3COCCN3CCOCC3)cc12. The Bertz CT molecular complexity index is 2190. The van der Waals surface area contributed by atoms with Crippen LogP contribution in [-0.2, 0) is 32.2 Å². The number of rotatable bonds is 12. The lowest BCUT2D eigenvalue weighted by Gasteiger charge is -2.26. The molecule has 0 unspecified atom stereocenters. The van der Waals surface area contributed by atoms with Gasteiger partial charge in [0, 0.05) is 39.3 Å². The summed E-state index contributed by atoms with van der Waals surface area (Å²) in [4.78, 5) is 42.1. The van der Waals surface area contributed by atoms with Crippen LogP contribution in [0.2, 0.25) is 0 Å². The molecule has 0 radical (unpaired) electrons. The molecule has 0 bridgehead atoms. The molecule has 2 saturated heterocycles. The Morgan fingerprint density at radius 1 is 0.607 bits per heavy atom. The van der Waals surface area contributed by atoms with Crippen LogP contribution in [0.1, 0.15) is 11.1 Å². The topological polar surface area (TPSA) is 175 Å². The van der Waals surface area contributed by atoms with E-state index in [-0.39, 0.29) is 22.6 Å². The summed E-state index contributed by atoms with van der Waals surface area (Å²) in [6, 6.07) is 22.5. The van der Waals surface area contributed by atoms with Crippen molar-refractivity contribution in [1.29, 1.82) is 0 Å². The highest BCUT2D eigenvalue weighted by Gasteiger charge is 2.15. The number of phenols is 2. The van der Waals surface area contributed by atoms with Crippen LogP contribution in [0.3, 0.4) is 0 Å². The van der Waals surface area contributed by atoms with Crippen LogP contribution in [0.5, 0.6) is 11.5 Å². The number of phenolic OH excluding ortho intramolecular Hbond substituents is 2. The van der Waals surface area contributed by atoms with Crippen molar-refractivity contribution in [3.63, 3.8) is 0 Å². The van der Waals surface area contributed by atoms with Crippen molar-refractivity contribution in [3.05, 3.63) is 117 Å². The zero-order valence-corrected chi connectivity index (χ0v) is 31.1. The van der Waals surface area contributed by atoms with Gasteiger partial charge in [-0.05, 0) is 57.6 Å². The van der Waals surface area contributed by atoms with Crippen molar-refractivity contribution in [2.24, 2.45) is 0 Å². The second kappa shape index (κ2) is 18.9. The maximum absolute atomic E-state index is 12.1. The van der Waals surface area contributed by atoms with Crippen molar-refractivity contribution in [2.75, 3.05) is 78.9 Å². The quantitative estimate of drug-likeness (QED) is 0.131. The van der Waals surface area contributed by atoms with Crippen LogP contribution in [0.25, 0.3) is 44.1 Å². The molecule has 2 aliphatic rings. The number of aromatic nitrogens is 4. The monoisotopic (exact) mass is 762 g/mol. The van der Waals surface area contributed by atoms with Gasteiger partial charge in [0.1, 0.15) is 22.5 Å². The predicted molar refractivity (Wildman–Crippen MR) is 213 cm³/mol. The van der Waals surface area contributed by atoms with E-state index in [0.29, 0.717) is 48.2 Å². The molecular weight excluding hydrogens is 716 g/mol. The van der Waals surface area contributed by atoms with E-state index < -0.39 is 0 Å². The lowest BCUT2D eigenvalue weighted by atomic mass is 9.98. The summed E-state index contributed by atoms with van der Waals surface area (Å²) < 4.78 is 22.5. The minimum atomic E-state index is -0.276. The average Bonchev–Trinajstić information content (AvgIpc) is 3.23. The molecule has 14 nitrogen and oxygen atoms in total. The van der Waals surface area contributed by atoms with E-state index in [0.717, 1.165) is 99.1 Å². The summed E-state index contributed by atoms with van der Waals surface area (Å²) in [7, 11) is 0. The molecule has 8 rings (SSSR count). The Morgan fingerprint density at radius 3 is 1.45 bits per heavy atom. The number of nitrogens with zero attached hydrogens (tertiary/aromatic N) is 4. The highest BCUT2D eigenvalue weighted by atomic mass is 16.5. The highest BCUT2D eigenvalue weighted by Crippen LogP contribution is 2.32. The number of nitrogens with one attached hydrogen (secondary N) is 2. The molecule has 0 spiro atoms. The van der Waals surface area contributed by atoms with Crippen molar-refractivity contribution in [3.8, 4) is 33.8 Å². The first-order valence-electron chi connectivity index (χ1n) is 18.8. The average molecular weight is 763 g/mol. The Labute approximate surface area is 323 Å². The van der Waals surface area contributed by atoms with E-state index in [1.807, 2.05) is 48.5 Å². The maximum atomic E-state index is 12.1. The van der Waals surface area contributed by atoms with Crippen LogP contribution in [0.15, 0.2) is 95.0 Å². The van der Waals surface area contributed by atoms with Crippen LogP contribution >= 0.6 is 0 Å². The predicted octanol–water partition coefficient (Wildman–Crippen LogP) is 4.29. The van der Waals surface area contributed by atoms with Crippen LogP contribution in [-0.4, -0.2) is 119 Å². The number of ether oxygens (including phenoxy) is 4. The molecule has 4 heterocycles. The summed E-state index contributed by atoms with van der Waals surface area (Å²) >= 11 is 0. The fraction of sp³-hybridized carbons (Fsp3) is 0.333. The first-order chi connectivity index (χ1) is 27.4. The molecule has 0 amide bonds. The van der Waals surface area contributed by atoms with E-state index in [1.54, 1.807) is 24.3 Å². The van der Waals surface area contributed by atoms with Gasteiger partial charge in [0.2, 0.25) is 0 Å². The van der Waals surface area contributed by atoms with Gasteiger partial charge in [-0.2, -0.15) is 0 Å². The molecule has 4 aromatic carbocycles. The number of H-pyrrole nitrogens is 2. The number of hydrogen-bond acceptors (Lipinski definition) is 12. The van der Waals surface area contributed by atoms with E-state index in [9.17, 15) is 19.8 Å². The van der Waals surface area contributed by atoms with Gasteiger partial charge < -0.3 is 39.1 Å². The standard InChI is InChI=1S/2C21H23N3O4/c2*25-19-12-16(11-18-20(19)22-14-23-21(18)26)17-4-2-1-3-15(17)13-28-10-7-24-5-8-27-9-6-24/h2*1-4,11-12,14,25H,5-10,13H2,(H,22,23,26). The largest absolute Gasteiger partial charge is 0.506 e. The van der Waals surface area contributed by atoms with Crippen molar-refractivity contribution >= 4 is 21.8 Å². The molecular formula is C42H46N6O8. The van der Waals surface area contributed by atoms with Crippen molar-refractivity contribution in [1.82, 2.24) is 29.7 Å². The first-order valence-corrected chi connectivity index (χ1v) is 18.8. The van der Waals surface area contributed by atoms with Gasteiger partial charge in [-0.15, -0.1) is 0 Å². The number of aromatic hydroxyl groups is 2. The molecule has 4 N–H and O–H groups in total. The lowest BCUT2D eigenvalue weighted by molar-refractivity contribution is 0.0180. The molecule has 0 saturated carbocycles. The van der Waals surface area contributed by atoms with Gasteiger partial charge in [0.25, 0.3) is 11.1 Å². The molecule has 2 fully saturated rings. The van der Waals surface area contributed by atoms with Crippen LogP contribution in [0, 0.1) is 0 Å². The van der Waals surface area contributed by atoms with Crippen molar-refractivity contribution in [2.45, 2.75) is 13.2 Å². The zero-order valence-electron chi connectivity index (χ0n) is 31.1. The van der Waals surface area contributed by atoms with E-state index >= 15 is 0 Å². The highest BCUT2D eigenvalue weighted by molar-refractivity contribution is 5.90. The summed E-state index contributed by atoms with van der Waals surface area (Å²) in [6.45, 7) is 10.9. The number of aromatic amines is 2. The maximum Gasteiger partial charge on any atom is 0.258 e. The van der Waals surface area contributed by atoms with E-state index in [1.165, 1.54) is 12.7 Å². The Hall–Kier alpha value is -5.48. The Kier molecular flexibility index (Phi) is 13.1. The second-order valence-corrected chi connectivity index (χ2v) is 13.6. The number of morpholine rings is 2. The van der Waals surface area contributed by atoms with Crippen LogP contribution in [0.4, 0.5) is 0 Å². The third kappa shape index (κ3) is 9.66. The number of hydrogen-bond donors (Lipinski definition) is 4. The zero-order chi connectivity index (χ0) is 38.7. The van der Waals surface area contributed by atoms with Gasteiger partial charge in [0.15, 0.2) is 0 Å². The minimum Gasteiger partial charge on any atom is -0.506 e. The first kappa shape index (κ1) is 38.8. The van der Waals surface area contributed by atoms with Gasteiger partial charge in [-0.1, -0.05) is 48.5 Å². The third-order valence-corrected chi connectivity index (χ3v) is 9.93. The molecule has 14 heteroatoms. The molecule has 6 aromatic rings. The third-order valence-electron chi connectivity index (χ3n) is 9.93. The molecule has 0 atom stereocenters. The molecule has 2 aromatic heterocycles. The Balaban J connectivity index is 0.000000172. The van der Waals surface area contributed by atoms with Gasteiger partial charge in [-0.25, -0.2) is 9.97 Å². The van der Waals surface area contributed by atoms with Gasteiger partial charge in [0.05, 0.1) is 76.3 Å². The number of benzene rings is 4. The van der Waals surface area contributed by atoms with Crippen molar-refractivity contribution < 1.29 is 29.2 Å². The van der Waals surface area contributed by atoms with E-state index in [4.69, 9.17) is 18.9 Å². The van der Waals surface area contributed by atoms with Crippen LogP contribution < -0.4 is 11.1 Å². The smallest absolute Gasteiger partial charge is 0.258 e. The summed E-state index contributed by atoms with van der Waals surface area (Å²) in [6.07, 6.45) is 2.58. The molecule has 0 aliphatic carbocycles. The fourth-order valence-corrected chi connectivity index (χ4v) is 6.89.